The Kier molecular flexibility index (Phi) is 3.52. The molecular weight excluding hydrogens is 221 g/mol. The van der Waals surface area contributed by atoms with Gasteiger partial charge < -0.3 is 15.2 Å². The normalized spacial score (nSPS) is 17.1. The predicted molar refractivity (Wildman–Crippen MR) is 64.2 cm³/mol. The number of piperidine rings is 1. The highest BCUT2D eigenvalue weighted by Crippen LogP contribution is 2.41. The van der Waals surface area contributed by atoms with Crippen molar-refractivity contribution in [3.05, 3.63) is 23.0 Å². The summed E-state index contributed by atoms with van der Waals surface area (Å²) < 4.78 is 18.5. The topological polar surface area (TPSA) is 41.5 Å². The van der Waals surface area contributed by atoms with Crippen LogP contribution in [-0.4, -0.2) is 25.3 Å². The summed E-state index contributed by atoms with van der Waals surface area (Å²) >= 11 is 0. The Morgan fingerprint density at radius 1 is 1.41 bits per heavy atom. The van der Waals surface area contributed by atoms with Gasteiger partial charge in [-0.1, -0.05) is 0 Å². The number of phenols is 1. The van der Waals surface area contributed by atoms with E-state index in [4.69, 9.17) is 4.74 Å². The maximum atomic E-state index is 13.6. The van der Waals surface area contributed by atoms with Gasteiger partial charge in [-0.05, 0) is 50.4 Å². The van der Waals surface area contributed by atoms with Crippen LogP contribution in [0.3, 0.4) is 0 Å². The molecule has 1 aliphatic rings. The van der Waals surface area contributed by atoms with Crippen LogP contribution in [0.25, 0.3) is 0 Å². The van der Waals surface area contributed by atoms with Crippen molar-refractivity contribution in [3.63, 3.8) is 0 Å². The van der Waals surface area contributed by atoms with Gasteiger partial charge in [0.1, 0.15) is 0 Å². The first kappa shape index (κ1) is 12.2. The third-order valence-electron chi connectivity index (χ3n) is 3.41. The number of ether oxygens (including phenoxy) is 1. The minimum atomic E-state index is -0.500. The van der Waals surface area contributed by atoms with Crippen molar-refractivity contribution < 1.29 is 14.2 Å². The van der Waals surface area contributed by atoms with Crippen LogP contribution in [0.15, 0.2) is 6.07 Å². The third kappa shape index (κ3) is 2.22. The number of benzene rings is 1. The Labute approximate surface area is 101 Å². The van der Waals surface area contributed by atoms with Crippen LogP contribution in [0.1, 0.15) is 29.9 Å². The highest BCUT2D eigenvalue weighted by Gasteiger charge is 2.24. The number of phenolic OH excluding ortho intramolecular Hbond substituents is 1. The fourth-order valence-electron chi connectivity index (χ4n) is 2.58. The molecule has 0 aliphatic carbocycles. The zero-order valence-electron chi connectivity index (χ0n) is 10.2. The molecule has 1 aromatic rings. The molecule has 0 radical (unpaired) electrons. The molecule has 0 saturated carbocycles. The number of aryl methyl sites for hydroxylation is 1. The van der Waals surface area contributed by atoms with E-state index in [1.54, 1.807) is 0 Å². The maximum absolute atomic E-state index is 13.6. The van der Waals surface area contributed by atoms with Crippen molar-refractivity contribution in [2.45, 2.75) is 25.7 Å². The smallest absolute Gasteiger partial charge is 0.196 e. The number of hydrogen-bond donors (Lipinski definition) is 2. The zero-order chi connectivity index (χ0) is 12.4. The van der Waals surface area contributed by atoms with Gasteiger partial charge in [0.2, 0.25) is 0 Å². The molecule has 4 heteroatoms. The van der Waals surface area contributed by atoms with Gasteiger partial charge in [0, 0.05) is 5.56 Å². The lowest BCUT2D eigenvalue weighted by Crippen LogP contribution is -2.27. The quantitative estimate of drug-likeness (QED) is 0.832. The summed E-state index contributed by atoms with van der Waals surface area (Å²) in [7, 11) is 1.37. The molecule has 2 N–H and O–H groups in total. The lowest BCUT2D eigenvalue weighted by atomic mass is 9.86. The SMILES string of the molecule is COc1c(F)cc(C)c(C2CCNCC2)c1O. The summed E-state index contributed by atoms with van der Waals surface area (Å²) in [6.45, 7) is 3.70. The van der Waals surface area contributed by atoms with Crippen molar-refractivity contribution in [2.75, 3.05) is 20.2 Å². The van der Waals surface area contributed by atoms with Crippen molar-refractivity contribution in [2.24, 2.45) is 0 Å². The molecule has 1 saturated heterocycles. The second kappa shape index (κ2) is 4.92. The van der Waals surface area contributed by atoms with E-state index in [-0.39, 0.29) is 17.4 Å². The van der Waals surface area contributed by atoms with E-state index in [9.17, 15) is 9.50 Å². The van der Waals surface area contributed by atoms with Crippen LogP contribution in [0.4, 0.5) is 4.39 Å². The molecule has 1 aromatic carbocycles. The summed E-state index contributed by atoms with van der Waals surface area (Å²) in [6.07, 6.45) is 1.92. The fourth-order valence-corrected chi connectivity index (χ4v) is 2.58. The van der Waals surface area contributed by atoms with Gasteiger partial charge in [-0.15, -0.1) is 0 Å². The number of methoxy groups -OCH3 is 1. The van der Waals surface area contributed by atoms with E-state index >= 15 is 0 Å². The predicted octanol–water partition coefficient (Wildman–Crippen LogP) is 2.32. The van der Waals surface area contributed by atoms with Crippen molar-refractivity contribution in [1.29, 1.82) is 0 Å². The van der Waals surface area contributed by atoms with Gasteiger partial charge in [-0.3, -0.25) is 0 Å². The molecule has 17 heavy (non-hydrogen) atoms. The fraction of sp³-hybridized carbons (Fsp3) is 0.538. The first-order chi connectivity index (χ1) is 8.15. The lowest BCUT2D eigenvalue weighted by Gasteiger charge is -2.26. The van der Waals surface area contributed by atoms with Crippen LogP contribution in [-0.2, 0) is 0 Å². The molecule has 0 spiro atoms. The van der Waals surface area contributed by atoms with Crippen LogP contribution >= 0.6 is 0 Å². The highest BCUT2D eigenvalue weighted by atomic mass is 19.1. The molecule has 94 valence electrons. The monoisotopic (exact) mass is 239 g/mol. The average Bonchev–Trinajstić information content (AvgIpc) is 2.30. The third-order valence-corrected chi connectivity index (χ3v) is 3.41. The molecule has 1 heterocycles. The van der Waals surface area contributed by atoms with E-state index in [2.05, 4.69) is 5.32 Å². The molecule has 1 fully saturated rings. The largest absolute Gasteiger partial charge is 0.504 e. The van der Waals surface area contributed by atoms with Gasteiger partial charge >= 0.3 is 0 Å². The minimum Gasteiger partial charge on any atom is -0.504 e. The Morgan fingerprint density at radius 3 is 2.65 bits per heavy atom. The van der Waals surface area contributed by atoms with Gasteiger partial charge in [-0.2, -0.15) is 0 Å². The Balaban J connectivity index is 2.44. The first-order valence-electron chi connectivity index (χ1n) is 5.91. The Bertz CT molecular complexity index is 414. The van der Waals surface area contributed by atoms with Gasteiger partial charge in [0.05, 0.1) is 7.11 Å². The molecule has 2 rings (SSSR count). The number of aromatic hydroxyl groups is 1. The van der Waals surface area contributed by atoms with Crippen molar-refractivity contribution >= 4 is 0 Å². The summed E-state index contributed by atoms with van der Waals surface area (Å²) in [5.41, 5.74) is 1.64. The second-order valence-corrected chi connectivity index (χ2v) is 4.50. The molecule has 1 aliphatic heterocycles. The van der Waals surface area contributed by atoms with E-state index in [0.717, 1.165) is 37.1 Å². The lowest BCUT2D eigenvalue weighted by molar-refractivity contribution is 0.342. The summed E-state index contributed by atoms with van der Waals surface area (Å²) in [4.78, 5) is 0. The van der Waals surface area contributed by atoms with Crippen molar-refractivity contribution in [3.8, 4) is 11.5 Å². The van der Waals surface area contributed by atoms with Gasteiger partial charge in [-0.25, -0.2) is 4.39 Å². The minimum absolute atomic E-state index is 0.0306. The Hall–Kier alpha value is -1.29. The standard InChI is InChI=1S/C13H18FNO2/c1-8-7-10(14)13(17-2)12(16)11(8)9-3-5-15-6-4-9/h7,9,15-16H,3-6H2,1-2H3. The van der Waals surface area contributed by atoms with E-state index in [0.29, 0.717) is 0 Å². The zero-order valence-corrected chi connectivity index (χ0v) is 10.2. The number of nitrogens with one attached hydrogen (secondary N) is 1. The van der Waals surface area contributed by atoms with E-state index in [1.807, 2.05) is 6.92 Å². The van der Waals surface area contributed by atoms with E-state index < -0.39 is 5.82 Å². The molecule has 0 atom stereocenters. The average molecular weight is 239 g/mol. The summed E-state index contributed by atoms with van der Waals surface area (Å²) in [5, 5.41) is 13.4. The molecule has 3 nitrogen and oxygen atoms in total. The van der Waals surface area contributed by atoms with Crippen molar-refractivity contribution in [1.82, 2.24) is 5.32 Å². The van der Waals surface area contributed by atoms with Crippen LogP contribution in [0.5, 0.6) is 11.5 Å². The van der Waals surface area contributed by atoms with Gasteiger partial charge in [0.15, 0.2) is 17.3 Å². The molecule has 0 bridgehead atoms. The molecular formula is C13H18FNO2. The highest BCUT2D eigenvalue weighted by molar-refractivity contribution is 5.52. The molecule has 0 aromatic heterocycles. The summed E-state index contributed by atoms with van der Waals surface area (Å²) in [6, 6.07) is 1.44. The van der Waals surface area contributed by atoms with E-state index in [1.165, 1.54) is 13.2 Å². The number of halogens is 1. The maximum Gasteiger partial charge on any atom is 0.196 e. The molecule has 0 unspecified atom stereocenters. The Morgan fingerprint density at radius 2 is 2.06 bits per heavy atom. The van der Waals surface area contributed by atoms with Crippen LogP contribution < -0.4 is 10.1 Å². The number of rotatable bonds is 2. The van der Waals surface area contributed by atoms with Crippen LogP contribution in [0, 0.1) is 12.7 Å². The van der Waals surface area contributed by atoms with Crippen LogP contribution in [0.2, 0.25) is 0 Å². The van der Waals surface area contributed by atoms with Gasteiger partial charge in [0.25, 0.3) is 0 Å². The number of hydrogen-bond acceptors (Lipinski definition) is 3. The second-order valence-electron chi connectivity index (χ2n) is 4.50. The first-order valence-corrected chi connectivity index (χ1v) is 5.91. The summed E-state index contributed by atoms with van der Waals surface area (Å²) in [5.74, 6) is -0.285. The molecule has 0 amide bonds.